The number of aromatic nitrogens is 1. The van der Waals surface area contributed by atoms with Gasteiger partial charge in [0.1, 0.15) is 0 Å². The van der Waals surface area contributed by atoms with Crippen LogP contribution in [0.3, 0.4) is 0 Å². The van der Waals surface area contributed by atoms with Gasteiger partial charge in [0, 0.05) is 54.9 Å². The molecule has 0 atom stereocenters. The maximum atomic E-state index is 12.1. The quantitative estimate of drug-likeness (QED) is 0.895. The van der Waals surface area contributed by atoms with Crippen LogP contribution in [-0.4, -0.2) is 35.6 Å². The van der Waals surface area contributed by atoms with Gasteiger partial charge >= 0.3 is 6.03 Å². The molecule has 0 radical (unpaired) electrons. The van der Waals surface area contributed by atoms with Crippen LogP contribution in [0.15, 0.2) is 42.7 Å². The van der Waals surface area contributed by atoms with Gasteiger partial charge in [-0.1, -0.05) is 0 Å². The monoisotopic (exact) mass is 342 g/mol. The predicted octanol–water partition coefficient (Wildman–Crippen LogP) is 3.26. The van der Waals surface area contributed by atoms with E-state index in [0.29, 0.717) is 6.54 Å². The second-order valence-electron chi connectivity index (χ2n) is 5.76. The highest BCUT2D eigenvalue weighted by Gasteiger charge is 2.12. The molecule has 0 saturated carbocycles. The van der Waals surface area contributed by atoms with Crippen LogP contribution in [0.2, 0.25) is 0 Å². The van der Waals surface area contributed by atoms with E-state index in [2.05, 4.69) is 32.7 Å². The molecule has 3 rings (SSSR count). The Labute approximate surface area is 146 Å². The van der Waals surface area contributed by atoms with Crippen LogP contribution >= 0.6 is 11.8 Å². The van der Waals surface area contributed by atoms with Gasteiger partial charge in [0.15, 0.2) is 0 Å². The molecule has 1 aromatic heterocycles. The molecule has 126 valence electrons. The normalized spacial score (nSPS) is 14.3. The van der Waals surface area contributed by atoms with Crippen LogP contribution in [0.5, 0.6) is 0 Å². The van der Waals surface area contributed by atoms with Crippen molar-refractivity contribution < 1.29 is 4.79 Å². The molecule has 6 heteroatoms. The first kappa shape index (κ1) is 16.6. The van der Waals surface area contributed by atoms with Crippen molar-refractivity contribution in [1.29, 1.82) is 0 Å². The first-order valence-electron chi connectivity index (χ1n) is 8.09. The summed E-state index contributed by atoms with van der Waals surface area (Å²) in [7, 11) is 0. The predicted molar refractivity (Wildman–Crippen MR) is 101 cm³/mol. The summed E-state index contributed by atoms with van der Waals surface area (Å²) >= 11 is 2.00. The molecule has 1 aliphatic heterocycles. The molecule has 0 spiro atoms. The average Bonchev–Trinajstić information content (AvgIpc) is 2.63. The molecule has 1 fully saturated rings. The fraction of sp³-hybridized carbons (Fsp3) is 0.333. The number of nitrogens with zero attached hydrogens (tertiary/aromatic N) is 2. The molecule has 24 heavy (non-hydrogen) atoms. The highest BCUT2D eigenvalue weighted by molar-refractivity contribution is 7.99. The van der Waals surface area contributed by atoms with Gasteiger partial charge in [-0.25, -0.2) is 4.79 Å². The van der Waals surface area contributed by atoms with E-state index >= 15 is 0 Å². The molecule has 2 N–H and O–H groups in total. The Hall–Kier alpha value is -2.21. The van der Waals surface area contributed by atoms with E-state index in [-0.39, 0.29) is 6.03 Å². The van der Waals surface area contributed by atoms with Gasteiger partial charge in [-0.2, -0.15) is 11.8 Å². The summed E-state index contributed by atoms with van der Waals surface area (Å²) in [5.74, 6) is 2.35. The maximum Gasteiger partial charge on any atom is 0.319 e. The molecule has 2 amide bonds. The Morgan fingerprint density at radius 3 is 2.67 bits per heavy atom. The lowest BCUT2D eigenvalue weighted by Crippen LogP contribution is -2.32. The van der Waals surface area contributed by atoms with E-state index in [9.17, 15) is 4.79 Å². The Kier molecular flexibility index (Phi) is 5.59. The van der Waals surface area contributed by atoms with Gasteiger partial charge in [-0.05, 0) is 48.4 Å². The summed E-state index contributed by atoms with van der Waals surface area (Å²) in [5.41, 5.74) is 4.17. The van der Waals surface area contributed by atoms with E-state index < -0.39 is 0 Å². The van der Waals surface area contributed by atoms with E-state index in [1.807, 2.05) is 36.9 Å². The van der Waals surface area contributed by atoms with Crippen molar-refractivity contribution in [3.8, 4) is 0 Å². The lowest BCUT2D eigenvalue weighted by Gasteiger charge is -2.29. The Morgan fingerprint density at radius 2 is 1.96 bits per heavy atom. The summed E-state index contributed by atoms with van der Waals surface area (Å²) in [5, 5.41) is 5.78. The van der Waals surface area contributed by atoms with Crippen LogP contribution < -0.4 is 15.5 Å². The molecule has 0 unspecified atom stereocenters. The number of thioether (sulfide) groups is 1. The molecule has 2 heterocycles. The van der Waals surface area contributed by atoms with E-state index in [1.165, 1.54) is 17.2 Å². The number of hydrogen-bond donors (Lipinski definition) is 2. The number of carbonyl (C=O) groups excluding carboxylic acids is 1. The Morgan fingerprint density at radius 1 is 1.21 bits per heavy atom. The van der Waals surface area contributed by atoms with Gasteiger partial charge in [0.25, 0.3) is 0 Å². The molecule has 1 aromatic carbocycles. The third-order valence-electron chi connectivity index (χ3n) is 4.04. The van der Waals surface area contributed by atoms with Crippen molar-refractivity contribution in [3.05, 3.63) is 53.9 Å². The topological polar surface area (TPSA) is 57.3 Å². The molecule has 1 aliphatic rings. The fourth-order valence-corrected chi connectivity index (χ4v) is 3.56. The molecule has 0 aliphatic carbocycles. The summed E-state index contributed by atoms with van der Waals surface area (Å²) in [6.07, 6.45) is 3.44. The van der Waals surface area contributed by atoms with Crippen LogP contribution in [-0.2, 0) is 6.54 Å². The molecule has 1 saturated heterocycles. The molecule has 5 nitrogen and oxygen atoms in total. The van der Waals surface area contributed by atoms with Gasteiger partial charge in [0.05, 0.1) is 0 Å². The van der Waals surface area contributed by atoms with Crippen molar-refractivity contribution in [3.63, 3.8) is 0 Å². The zero-order valence-electron chi connectivity index (χ0n) is 13.8. The van der Waals surface area contributed by atoms with Gasteiger partial charge in [0.2, 0.25) is 0 Å². The summed E-state index contributed by atoms with van der Waals surface area (Å²) < 4.78 is 0. The van der Waals surface area contributed by atoms with Crippen molar-refractivity contribution >= 4 is 29.2 Å². The number of carbonyl (C=O) groups is 1. The first-order valence-corrected chi connectivity index (χ1v) is 9.25. The van der Waals surface area contributed by atoms with E-state index in [1.54, 1.807) is 12.4 Å². The summed E-state index contributed by atoms with van der Waals surface area (Å²) in [6.45, 7) is 4.68. The number of aryl methyl sites for hydroxylation is 1. The minimum absolute atomic E-state index is 0.197. The van der Waals surface area contributed by atoms with E-state index in [0.717, 1.165) is 29.9 Å². The van der Waals surface area contributed by atoms with Crippen LogP contribution in [0.4, 0.5) is 16.2 Å². The number of nitrogens with one attached hydrogen (secondary N) is 2. The second-order valence-corrected chi connectivity index (χ2v) is 6.99. The van der Waals surface area contributed by atoms with Gasteiger partial charge < -0.3 is 15.5 Å². The number of pyridine rings is 1. The minimum atomic E-state index is -0.197. The lowest BCUT2D eigenvalue weighted by molar-refractivity contribution is 0.251. The standard InChI is InChI=1S/C18H22N4OS/c1-14-12-16(22-8-10-24-11-9-22)2-3-17(14)21-18(23)20-13-15-4-6-19-7-5-15/h2-7,12H,8-11,13H2,1H3,(H2,20,21,23). The average molecular weight is 342 g/mol. The van der Waals surface area contributed by atoms with Crippen molar-refractivity contribution in [1.82, 2.24) is 10.3 Å². The number of anilines is 2. The third kappa shape index (κ3) is 4.41. The van der Waals surface area contributed by atoms with E-state index in [4.69, 9.17) is 0 Å². The molecule has 2 aromatic rings. The Balaban J connectivity index is 1.57. The van der Waals surface area contributed by atoms with Crippen LogP contribution in [0.1, 0.15) is 11.1 Å². The van der Waals surface area contributed by atoms with Crippen LogP contribution in [0, 0.1) is 6.92 Å². The fourth-order valence-electron chi connectivity index (χ4n) is 2.66. The van der Waals surface area contributed by atoms with Gasteiger partial charge in [-0.3, -0.25) is 4.98 Å². The zero-order valence-corrected chi connectivity index (χ0v) is 14.6. The van der Waals surface area contributed by atoms with Crippen molar-refractivity contribution in [2.45, 2.75) is 13.5 Å². The SMILES string of the molecule is Cc1cc(N2CCSCC2)ccc1NC(=O)NCc1ccncc1. The smallest absolute Gasteiger partial charge is 0.319 e. The lowest BCUT2D eigenvalue weighted by atomic mass is 10.1. The van der Waals surface area contributed by atoms with Crippen LogP contribution in [0.25, 0.3) is 0 Å². The van der Waals surface area contributed by atoms with Gasteiger partial charge in [-0.15, -0.1) is 0 Å². The largest absolute Gasteiger partial charge is 0.370 e. The summed E-state index contributed by atoms with van der Waals surface area (Å²) in [4.78, 5) is 18.4. The summed E-state index contributed by atoms with van der Waals surface area (Å²) in [6, 6.07) is 9.79. The minimum Gasteiger partial charge on any atom is -0.370 e. The Bertz CT molecular complexity index is 687. The first-order chi connectivity index (χ1) is 11.7. The van der Waals surface area contributed by atoms with Crippen molar-refractivity contribution in [2.75, 3.05) is 34.8 Å². The number of rotatable bonds is 4. The molecule has 0 bridgehead atoms. The maximum absolute atomic E-state index is 12.1. The highest BCUT2D eigenvalue weighted by atomic mass is 32.2. The molecular weight excluding hydrogens is 320 g/mol. The number of hydrogen-bond acceptors (Lipinski definition) is 4. The number of amides is 2. The third-order valence-corrected chi connectivity index (χ3v) is 4.98. The molecular formula is C18H22N4OS. The van der Waals surface area contributed by atoms with Crippen molar-refractivity contribution in [2.24, 2.45) is 0 Å². The zero-order chi connectivity index (χ0) is 16.8. The second kappa shape index (κ2) is 8.06. The number of benzene rings is 1. The number of urea groups is 1. The highest BCUT2D eigenvalue weighted by Crippen LogP contribution is 2.24.